The summed E-state index contributed by atoms with van der Waals surface area (Å²) in [5, 5.41) is 0. The van der Waals surface area contributed by atoms with Gasteiger partial charge in [-0.15, -0.1) is 0 Å². The number of fused-ring (bicyclic) bond motifs is 2. The highest BCUT2D eigenvalue weighted by molar-refractivity contribution is 5.74. The van der Waals surface area contributed by atoms with E-state index in [0.717, 1.165) is 13.1 Å². The van der Waals surface area contributed by atoms with Crippen molar-refractivity contribution >= 4 is 5.91 Å². The molecule has 2 aliphatic rings. The Hall–Kier alpha value is -0.570. The number of likely N-dealkylation sites (N-methyl/N-ethyl adjacent to an activating group) is 1. The van der Waals surface area contributed by atoms with Crippen LogP contribution >= 0.6 is 0 Å². The molecule has 0 saturated carbocycles. The molecule has 2 unspecified atom stereocenters. The molecule has 2 heterocycles. The zero-order valence-corrected chi connectivity index (χ0v) is 7.79. The number of rotatable bonds is 0. The van der Waals surface area contributed by atoms with E-state index in [9.17, 15) is 4.79 Å². The van der Waals surface area contributed by atoms with Crippen LogP contribution in [0.2, 0.25) is 0 Å². The van der Waals surface area contributed by atoms with Gasteiger partial charge in [-0.25, -0.2) is 0 Å². The molecule has 2 rings (SSSR count). The second-order valence-electron chi connectivity index (χ2n) is 4.03. The van der Waals surface area contributed by atoms with E-state index >= 15 is 0 Å². The van der Waals surface area contributed by atoms with Crippen LogP contribution in [0.15, 0.2) is 0 Å². The Morgan fingerprint density at radius 1 is 1.25 bits per heavy atom. The minimum Gasteiger partial charge on any atom is -0.334 e. The molecule has 0 radical (unpaired) electrons. The van der Waals surface area contributed by atoms with Crippen LogP contribution in [0, 0.1) is 0 Å². The van der Waals surface area contributed by atoms with Gasteiger partial charge in [-0.1, -0.05) is 0 Å². The summed E-state index contributed by atoms with van der Waals surface area (Å²) in [7, 11) is 2.14. The highest BCUT2D eigenvalue weighted by Crippen LogP contribution is 2.29. The molecule has 2 atom stereocenters. The van der Waals surface area contributed by atoms with E-state index in [1.54, 1.807) is 6.92 Å². The topological polar surface area (TPSA) is 23.6 Å². The third-order valence-electron chi connectivity index (χ3n) is 3.03. The molecule has 0 aromatic rings. The van der Waals surface area contributed by atoms with Gasteiger partial charge in [-0.2, -0.15) is 0 Å². The zero-order chi connectivity index (χ0) is 8.72. The maximum atomic E-state index is 11.3. The van der Waals surface area contributed by atoms with Crippen LogP contribution < -0.4 is 0 Å². The molecule has 2 fully saturated rings. The van der Waals surface area contributed by atoms with Crippen molar-refractivity contribution in [3.63, 3.8) is 0 Å². The third kappa shape index (κ3) is 1.12. The number of amides is 1. The number of likely N-dealkylation sites (tertiary alicyclic amines) is 1. The van der Waals surface area contributed by atoms with E-state index in [-0.39, 0.29) is 5.91 Å². The van der Waals surface area contributed by atoms with Gasteiger partial charge < -0.3 is 9.80 Å². The minimum absolute atomic E-state index is 0.260. The van der Waals surface area contributed by atoms with Crippen molar-refractivity contribution < 1.29 is 4.79 Å². The highest BCUT2D eigenvalue weighted by Gasteiger charge is 2.39. The predicted octanol–water partition coefficient (Wildman–Crippen LogP) is 0.311. The van der Waals surface area contributed by atoms with E-state index in [4.69, 9.17) is 0 Å². The van der Waals surface area contributed by atoms with Crippen molar-refractivity contribution in [3.05, 3.63) is 0 Å². The van der Waals surface area contributed by atoms with Crippen LogP contribution in [0.25, 0.3) is 0 Å². The standard InChI is InChI=1S/C9H16N2O/c1-7(12)11-8-3-4-9(11)6-10(2)5-8/h8-9H,3-6H2,1-2H3. The summed E-state index contributed by atoms with van der Waals surface area (Å²) in [5.41, 5.74) is 0. The summed E-state index contributed by atoms with van der Waals surface area (Å²) < 4.78 is 0. The molecule has 0 aliphatic carbocycles. The normalized spacial score (nSPS) is 35.7. The largest absolute Gasteiger partial charge is 0.334 e. The Kier molecular flexibility index (Phi) is 1.83. The maximum absolute atomic E-state index is 11.3. The lowest BCUT2D eigenvalue weighted by molar-refractivity contribution is -0.134. The lowest BCUT2D eigenvalue weighted by atomic mass is 10.2. The van der Waals surface area contributed by atoms with E-state index in [1.165, 1.54) is 12.8 Å². The minimum atomic E-state index is 0.260. The van der Waals surface area contributed by atoms with Crippen LogP contribution in [0.1, 0.15) is 19.8 Å². The first-order chi connectivity index (χ1) is 5.68. The average Bonchev–Trinajstić information content (AvgIpc) is 2.24. The zero-order valence-electron chi connectivity index (χ0n) is 7.79. The molecule has 2 bridgehead atoms. The molecule has 3 heteroatoms. The molecule has 1 amide bonds. The summed E-state index contributed by atoms with van der Waals surface area (Å²) in [5.74, 6) is 0.260. The van der Waals surface area contributed by atoms with Gasteiger partial charge in [0.1, 0.15) is 0 Å². The summed E-state index contributed by atoms with van der Waals surface area (Å²) in [6.45, 7) is 3.82. The number of piperazine rings is 1. The van der Waals surface area contributed by atoms with E-state index in [0.29, 0.717) is 12.1 Å². The number of carbonyl (C=O) groups is 1. The van der Waals surface area contributed by atoms with Gasteiger partial charge in [0, 0.05) is 32.1 Å². The van der Waals surface area contributed by atoms with Crippen LogP contribution in [-0.2, 0) is 4.79 Å². The Balaban J connectivity index is 2.14. The molecule has 2 saturated heterocycles. The third-order valence-corrected chi connectivity index (χ3v) is 3.03. The van der Waals surface area contributed by atoms with Gasteiger partial charge in [-0.05, 0) is 19.9 Å². The van der Waals surface area contributed by atoms with Crippen LogP contribution in [0.3, 0.4) is 0 Å². The van der Waals surface area contributed by atoms with Crippen molar-refractivity contribution in [2.45, 2.75) is 31.8 Å². The van der Waals surface area contributed by atoms with Gasteiger partial charge in [0.25, 0.3) is 0 Å². The maximum Gasteiger partial charge on any atom is 0.220 e. The lowest BCUT2D eigenvalue weighted by Gasteiger charge is -2.38. The lowest BCUT2D eigenvalue weighted by Crippen LogP contribution is -2.53. The molecule has 2 aliphatic heterocycles. The number of nitrogens with zero attached hydrogens (tertiary/aromatic N) is 2. The first kappa shape index (κ1) is 8.05. The molecule has 0 aromatic heterocycles. The summed E-state index contributed by atoms with van der Waals surface area (Å²) >= 11 is 0. The monoisotopic (exact) mass is 168 g/mol. The Morgan fingerprint density at radius 3 is 2.17 bits per heavy atom. The van der Waals surface area contributed by atoms with Crippen LogP contribution in [0.5, 0.6) is 0 Å². The van der Waals surface area contributed by atoms with E-state index in [1.807, 2.05) is 0 Å². The Morgan fingerprint density at radius 2 is 1.75 bits per heavy atom. The summed E-state index contributed by atoms with van der Waals surface area (Å²) in [6, 6.07) is 1.01. The quantitative estimate of drug-likeness (QED) is 0.520. The second kappa shape index (κ2) is 2.73. The summed E-state index contributed by atoms with van der Waals surface area (Å²) in [6.07, 6.45) is 2.41. The molecular weight excluding hydrogens is 152 g/mol. The SMILES string of the molecule is CC(=O)N1C2CCC1CN(C)C2. The van der Waals surface area contributed by atoms with Crippen molar-refractivity contribution in [1.29, 1.82) is 0 Å². The first-order valence-corrected chi connectivity index (χ1v) is 4.66. The molecular formula is C9H16N2O. The summed E-state index contributed by atoms with van der Waals surface area (Å²) in [4.78, 5) is 15.7. The van der Waals surface area contributed by atoms with Crippen molar-refractivity contribution in [1.82, 2.24) is 9.80 Å². The smallest absolute Gasteiger partial charge is 0.220 e. The van der Waals surface area contributed by atoms with Crippen molar-refractivity contribution in [3.8, 4) is 0 Å². The first-order valence-electron chi connectivity index (χ1n) is 4.66. The molecule has 12 heavy (non-hydrogen) atoms. The fraction of sp³-hybridized carbons (Fsp3) is 0.889. The van der Waals surface area contributed by atoms with Gasteiger partial charge in [0.05, 0.1) is 0 Å². The van der Waals surface area contributed by atoms with E-state index in [2.05, 4.69) is 16.8 Å². The average molecular weight is 168 g/mol. The Labute approximate surface area is 73.3 Å². The molecule has 0 aromatic carbocycles. The highest BCUT2D eigenvalue weighted by atomic mass is 16.2. The van der Waals surface area contributed by atoms with Gasteiger partial charge >= 0.3 is 0 Å². The van der Waals surface area contributed by atoms with Crippen LogP contribution in [0.4, 0.5) is 0 Å². The van der Waals surface area contributed by atoms with Gasteiger partial charge in [0.2, 0.25) is 5.91 Å². The number of hydrogen-bond donors (Lipinski definition) is 0. The van der Waals surface area contributed by atoms with Crippen molar-refractivity contribution in [2.75, 3.05) is 20.1 Å². The fourth-order valence-corrected chi connectivity index (χ4v) is 2.63. The Bertz CT molecular complexity index is 191. The van der Waals surface area contributed by atoms with Crippen LogP contribution in [-0.4, -0.2) is 47.9 Å². The second-order valence-corrected chi connectivity index (χ2v) is 4.03. The predicted molar refractivity (Wildman–Crippen MR) is 46.8 cm³/mol. The number of hydrogen-bond acceptors (Lipinski definition) is 2. The number of carbonyl (C=O) groups excluding carboxylic acids is 1. The van der Waals surface area contributed by atoms with Crippen molar-refractivity contribution in [2.24, 2.45) is 0 Å². The molecule has 68 valence electrons. The molecule has 0 N–H and O–H groups in total. The van der Waals surface area contributed by atoms with Gasteiger partial charge in [0.15, 0.2) is 0 Å². The van der Waals surface area contributed by atoms with Gasteiger partial charge in [-0.3, -0.25) is 4.79 Å². The fourth-order valence-electron chi connectivity index (χ4n) is 2.63. The molecule has 0 spiro atoms. The molecule has 3 nitrogen and oxygen atoms in total. The van der Waals surface area contributed by atoms with E-state index < -0.39 is 0 Å².